The van der Waals surface area contributed by atoms with Crippen LogP contribution in [0.15, 0.2) is 11.4 Å². The molecule has 0 radical (unpaired) electrons. The lowest BCUT2D eigenvalue weighted by Crippen LogP contribution is -2.26. The first-order valence-corrected chi connectivity index (χ1v) is 5.64. The molecule has 4 nitrogen and oxygen atoms in total. The van der Waals surface area contributed by atoms with Gasteiger partial charge in [0.1, 0.15) is 10.6 Å². The molecule has 1 rings (SSSR count). The van der Waals surface area contributed by atoms with Crippen molar-refractivity contribution in [3.05, 3.63) is 16.3 Å². The first kappa shape index (κ1) is 12.7. The fourth-order valence-corrected chi connectivity index (χ4v) is 2.02. The van der Waals surface area contributed by atoms with Gasteiger partial charge in [-0.1, -0.05) is 0 Å². The normalized spacial score (nSPS) is 11.2. The number of methoxy groups -OCH3 is 1. The van der Waals surface area contributed by atoms with Crippen molar-refractivity contribution in [2.24, 2.45) is 5.41 Å². The van der Waals surface area contributed by atoms with Gasteiger partial charge in [-0.2, -0.15) is 0 Å². The maximum absolute atomic E-state index is 11.9. The third-order valence-electron chi connectivity index (χ3n) is 2.28. The van der Waals surface area contributed by atoms with E-state index in [1.165, 1.54) is 32.3 Å². The highest BCUT2D eigenvalue weighted by Gasteiger charge is 2.31. The van der Waals surface area contributed by atoms with Crippen molar-refractivity contribution in [2.45, 2.75) is 20.3 Å². The largest absolute Gasteiger partial charge is 0.495 e. The monoisotopic (exact) mass is 242 g/mol. The van der Waals surface area contributed by atoms with E-state index in [0.29, 0.717) is 10.6 Å². The molecule has 0 fully saturated rings. The maximum Gasteiger partial charge on any atom is 0.309 e. The zero-order chi connectivity index (χ0) is 12.3. The summed E-state index contributed by atoms with van der Waals surface area (Å²) in [6.45, 7) is 3.07. The van der Waals surface area contributed by atoms with E-state index >= 15 is 0 Å². The van der Waals surface area contributed by atoms with Gasteiger partial charge in [0.25, 0.3) is 0 Å². The molecular weight excluding hydrogens is 228 g/mol. The van der Waals surface area contributed by atoms with Crippen LogP contribution in [0, 0.1) is 5.41 Å². The molecule has 0 aliphatic heterocycles. The van der Waals surface area contributed by atoms with Gasteiger partial charge in [0, 0.05) is 6.42 Å². The lowest BCUT2D eigenvalue weighted by Gasteiger charge is -2.17. The van der Waals surface area contributed by atoms with Gasteiger partial charge in [-0.25, -0.2) is 0 Å². The van der Waals surface area contributed by atoms with Crippen LogP contribution in [0.3, 0.4) is 0 Å². The van der Waals surface area contributed by atoms with Gasteiger partial charge in [0.15, 0.2) is 5.78 Å². The van der Waals surface area contributed by atoms with E-state index in [2.05, 4.69) is 0 Å². The van der Waals surface area contributed by atoms with Crippen molar-refractivity contribution in [2.75, 3.05) is 7.11 Å². The van der Waals surface area contributed by atoms with Gasteiger partial charge in [0.05, 0.1) is 12.5 Å². The highest BCUT2D eigenvalue weighted by atomic mass is 32.1. The molecule has 16 heavy (non-hydrogen) atoms. The van der Waals surface area contributed by atoms with E-state index in [1.807, 2.05) is 0 Å². The molecule has 1 aromatic heterocycles. The average Bonchev–Trinajstić information content (AvgIpc) is 2.64. The number of carbonyl (C=O) groups is 2. The molecule has 1 N–H and O–H groups in total. The van der Waals surface area contributed by atoms with E-state index in [-0.39, 0.29) is 12.2 Å². The minimum atomic E-state index is -1.05. The predicted molar refractivity (Wildman–Crippen MR) is 61.2 cm³/mol. The van der Waals surface area contributed by atoms with Gasteiger partial charge in [-0.3, -0.25) is 9.59 Å². The van der Waals surface area contributed by atoms with Crippen LogP contribution in [-0.4, -0.2) is 24.0 Å². The fourth-order valence-electron chi connectivity index (χ4n) is 1.22. The number of carboxylic acids is 1. The summed E-state index contributed by atoms with van der Waals surface area (Å²) in [6.07, 6.45) is -0.0286. The second-order valence-corrected chi connectivity index (χ2v) is 5.02. The minimum absolute atomic E-state index is 0.0286. The van der Waals surface area contributed by atoms with Crippen LogP contribution in [-0.2, 0) is 4.79 Å². The van der Waals surface area contributed by atoms with Crippen molar-refractivity contribution >= 4 is 23.1 Å². The number of Topliss-reactive ketones (excluding diaryl/α,β-unsaturated/α-hetero) is 1. The van der Waals surface area contributed by atoms with Crippen LogP contribution in [0.4, 0.5) is 0 Å². The molecule has 0 aliphatic rings. The number of carbonyl (C=O) groups excluding carboxylic acids is 1. The van der Waals surface area contributed by atoms with Crippen molar-refractivity contribution in [1.82, 2.24) is 0 Å². The zero-order valence-electron chi connectivity index (χ0n) is 9.44. The summed E-state index contributed by atoms with van der Waals surface area (Å²) < 4.78 is 5.02. The van der Waals surface area contributed by atoms with Crippen LogP contribution in [0.2, 0.25) is 0 Å². The molecule has 0 aliphatic carbocycles. The van der Waals surface area contributed by atoms with Crippen LogP contribution in [0.1, 0.15) is 29.9 Å². The number of ketones is 1. The average molecular weight is 242 g/mol. The van der Waals surface area contributed by atoms with Gasteiger partial charge >= 0.3 is 5.97 Å². The molecule has 0 saturated carbocycles. The topological polar surface area (TPSA) is 63.6 Å². The molecule has 0 saturated heterocycles. The lowest BCUT2D eigenvalue weighted by atomic mass is 9.87. The Labute approximate surface area is 97.9 Å². The number of ether oxygens (including phenoxy) is 1. The molecule has 88 valence electrons. The van der Waals surface area contributed by atoms with Crippen molar-refractivity contribution in [1.29, 1.82) is 0 Å². The summed E-state index contributed by atoms with van der Waals surface area (Å²) in [5, 5.41) is 10.7. The molecule has 0 aromatic carbocycles. The Balaban J connectivity index is 2.85. The maximum atomic E-state index is 11.9. The highest BCUT2D eigenvalue weighted by Crippen LogP contribution is 2.30. The van der Waals surface area contributed by atoms with Gasteiger partial charge in [0.2, 0.25) is 0 Å². The van der Waals surface area contributed by atoms with E-state index in [9.17, 15) is 9.59 Å². The summed E-state index contributed by atoms with van der Waals surface area (Å²) in [7, 11) is 1.49. The Morgan fingerprint density at radius 2 is 2.12 bits per heavy atom. The summed E-state index contributed by atoms with van der Waals surface area (Å²) in [5.41, 5.74) is -1.05. The fraction of sp³-hybridized carbons (Fsp3) is 0.455. The number of rotatable bonds is 5. The second-order valence-electron chi connectivity index (χ2n) is 4.11. The van der Waals surface area contributed by atoms with Crippen molar-refractivity contribution < 1.29 is 19.4 Å². The quantitative estimate of drug-likeness (QED) is 0.805. The molecule has 0 amide bonds. The zero-order valence-corrected chi connectivity index (χ0v) is 10.3. The summed E-state index contributed by atoms with van der Waals surface area (Å²) in [4.78, 5) is 23.3. The predicted octanol–water partition coefficient (Wildman–Crippen LogP) is 2.44. The van der Waals surface area contributed by atoms with Gasteiger partial charge < -0.3 is 9.84 Å². The molecule has 1 aromatic rings. The summed E-state index contributed by atoms with van der Waals surface area (Å²) in [6, 6.07) is 1.70. The molecule has 5 heteroatoms. The SMILES string of the molecule is COc1ccsc1C(=O)CC(C)(C)C(=O)O. The standard InChI is InChI=1S/C11H14O4S/c1-11(2,10(13)14)6-7(12)9-8(15-3)4-5-16-9/h4-5H,6H2,1-3H3,(H,13,14). The Kier molecular flexibility index (Phi) is 3.70. The first-order valence-electron chi connectivity index (χ1n) is 4.76. The molecule has 1 heterocycles. The Hall–Kier alpha value is -1.36. The van der Waals surface area contributed by atoms with Crippen molar-refractivity contribution in [3.8, 4) is 5.75 Å². The third kappa shape index (κ3) is 2.61. The Morgan fingerprint density at radius 3 is 2.62 bits per heavy atom. The smallest absolute Gasteiger partial charge is 0.309 e. The van der Waals surface area contributed by atoms with Gasteiger partial charge in [-0.15, -0.1) is 11.3 Å². The van der Waals surface area contributed by atoms with Crippen LogP contribution in [0.5, 0.6) is 5.75 Å². The number of thiophene rings is 1. The number of hydrogen-bond donors (Lipinski definition) is 1. The van der Waals surface area contributed by atoms with Gasteiger partial charge in [-0.05, 0) is 25.3 Å². The minimum Gasteiger partial charge on any atom is -0.495 e. The number of aliphatic carboxylic acids is 1. The molecule has 0 spiro atoms. The highest BCUT2D eigenvalue weighted by molar-refractivity contribution is 7.12. The Bertz CT molecular complexity index is 406. The van der Waals surface area contributed by atoms with Crippen LogP contribution in [0.25, 0.3) is 0 Å². The second kappa shape index (κ2) is 4.65. The molecule has 0 unspecified atom stereocenters. The van der Waals surface area contributed by atoms with E-state index in [1.54, 1.807) is 11.4 Å². The first-order chi connectivity index (χ1) is 7.38. The third-order valence-corrected chi connectivity index (χ3v) is 3.22. The number of carboxylic acid groups (broad SMARTS) is 1. The summed E-state index contributed by atoms with van der Waals surface area (Å²) >= 11 is 1.27. The van der Waals surface area contributed by atoms with Crippen molar-refractivity contribution in [3.63, 3.8) is 0 Å². The molecule has 0 bridgehead atoms. The lowest BCUT2D eigenvalue weighted by molar-refractivity contribution is -0.146. The van der Waals surface area contributed by atoms with E-state index in [0.717, 1.165) is 0 Å². The Morgan fingerprint density at radius 1 is 1.50 bits per heavy atom. The molecule has 0 atom stereocenters. The van der Waals surface area contributed by atoms with E-state index in [4.69, 9.17) is 9.84 Å². The number of hydrogen-bond acceptors (Lipinski definition) is 4. The summed E-state index contributed by atoms with van der Waals surface area (Å²) in [5.74, 6) is -0.660. The van der Waals surface area contributed by atoms with Crippen LogP contribution < -0.4 is 4.74 Å². The molecular formula is C11H14O4S. The van der Waals surface area contributed by atoms with E-state index < -0.39 is 11.4 Å². The van der Waals surface area contributed by atoms with Crippen LogP contribution >= 0.6 is 11.3 Å².